The number of carbonyl (C=O) groups is 1. The Kier molecular flexibility index (Phi) is 6.46. The molecule has 1 saturated heterocycles. The van der Waals surface area contributed by atoms with Crippen molar-refractivity contribution in [2.24, 2.45) is 4.99 Å². The largest absolute Gasteiger partial charge is 0.451 e. The van der Waals surface area contributed by atoms with Crippen molar-refractivity contribution in [3.8, 4) is 17.2 Å². The summed E-state index contributed by atoms with van der Waals surface area (Å²) in [5.41, 5.74) is 0.683. The first-order valence-corrected chi connectivity index (χ1v) is 14.4. The molecular formula is C32H32FN5O3. The molecule has 1 aromatic heterocycles. The van der Waals surface area contributed by atoms with Crippen LogP contribution in [0.15, 0.2) is 58.4 Å². The lowest BCUT2D eigenvalue weighted by Crippen LogP contribution is -2.34. The van der Waals surface area contributed by atoms with E-state index in [9.17, 15) is 9.59 Å². The molecule has 210 valence electrons. The van der Waals surface area contributed by atoms with Crippen LogP contribution >= 0.6 is 0 Å². The highest BCUT2D eigenvalue weighted by atomic mass is 19.1. The van der Waals surface area contributed by atoms with E-state index in [2.05, 4.69) is 27.6 Å². The van der Waals surface area contributed by atoms with Gasteiger partial charge in [0, 0.05) is 31.7 Å². The highest BCUT2D eigenvalue weighted by Gasteiger charge is 2.30. The zero-order valence-electron chi connectivity index (χ0n) is 23.0. The lowest BCUT2D eigenvalue weighted by Gasteiger charge is -2.27. The molecule has 3 aliphatic rings. The van der Waals surface area contributed by atoms with Gasteiger partial charge in [-0.15, -0.1) is 0 Å². The Morgan fingerprint density at radius 1 is 1.15 bits per heavy atom. The van der Waals surface area contributed by atoms with Crippen LogP contribution in [-0.2, 0) is 0 Å². The van der Waals surface area contributed by atoms with Crippen molar-refractivity contribution in [2.45, 2.75) is 44.6 Å². The van der Waals surface area contributed by atoms with Crippen molar-refractivity contribution in [1.29, 1.82) is 0 Å². The van der Waals surface area contributed by atoms with Crippen molar-refractivity contribution in [1.82, 2.24) is 14.8 Å². The molecule has 4 heterocycles. The standard InChI is InChI=1S/C32H32FN5O3/c1-37-14-6-9-21(37)11-13-35-32(40)23-18-38-25-15-19-7-2-3-8-20(19)16-26(25)41-31-28(36-27-10-4-5-12-34-27)24(33)17-22(29(31)38)30(23)39/h2-3,7-8,15-18,21H,4-6,9-14H2,1H3,(H,34,36)(H,35,40). The molecule has 3 aliphatic heterocycles. The Labute approximate surface area is 236 Å². The number of ether oxygens (including phenoxy) is 1. The van der Waals surface area contributed by atoms with Crippen LogP contribution in [-0.4, -0.2) is 53.9 Å². The number of fused-ring (bicyclic) bond motifs is 3. The quantitative estimate of drug-likeness (QED) is 0.296. The van der Waals surface area contributed by atoms with Gasteiger partial charge >= 0.3 is 0 Å². The van der Waals surface area contributed by atoms with Gasteiger partial charge in [-0.25, -0.2) is 4.39 Å². The molecule has 8 nitrogen and oxygen atoms in total. The lowest BCUT2D eigenvalue weighted by molar-refractivity contribution is 0.0949. The maximum atomic E-state index is 15.8. The van der Waals surface area contributed by atoms with E-state index in [1.165, 1.54) is 6.07 Å². The van der Waals surface area contributed by atoms with Gasteiger partial charge in [-0.2, -0.15) is 0 Å². The second-order valence-corrected chi connectivity index (χ2v) is 11.2. The number of amidine groups is 1. The van der Waals surface area contributed by atoms with Gasteiger partial charge in [-0.1, -0.05) is 24.3 Å². The molecule has 1 atom stereocenters. The summed E-state index contributed by atoms with van der Waals surface area (Å²) in [7, 11) is 2.10. The number of likely N-dealkylation sites (tertiary alicyclic amines) is 1. The Morgan fingerprint density at radius 3 is 2.73 bits per heavy atom. The van der Waals surface area contributed by atoms with Gasteiger partial charge in [-0.3, -0.25) is 14.6 Å². The molecule has 1 fully saturated rings. The number of pyridine rings is 1. The number of carbonyl (C=O) groups excluding carboxylic acids is 1. The molecule has 3 aromatic carbocycles. The van der Waals surface area contributed by atoms with E-state index in [1.807, 2.05) is 36.4 Å². The normalized spacial score (nSPS) is 18.2. The fourth-order valence-corrected chi connectivity index (χ4v) is 6.32. The monoisotopic (exact) mass is 553 g/mol. The average Bonchev–Trinajstić information content (AvgIpc) is 3.39. The molecule has 7 rings (SSSR count). The second kappa shape index (κ2) is 10.3. The SMILES string of the molecule is CN1CCCC1CCNC(=O)c1cn2c3c(c(NC4=NCCCC4)c(F)cc3c1=O)Oc1cc3ccccc3cc1-2. The summed E-state index contributed by atoms with van der Waals surface area (Å²) in [6.45, 7) is 2.20. The fourth-order valence-electron chi connectivity index (χ4n) is 6.32. The van der Waals surface area contributed by atoms with Gasteiger partial charge in [0.1, 0.15) is 22.6 Å². The molecule has 2 N–H and O–H groups in total. The third kappa shape index (κ3) is 4.54. The molecule has 1 unspecified atom stereocenters. The highest BCUT2D eigenvalue weighted by molar-refractivity contribution is 6.05. The molecule has 0 saturated carbocycles. The van der Waals surface area contributed by atoms with E-state index in [-0.39, 0.29) is 22.4 Å². The zero-order chi connectivity index (χ0) is 28.1. The maximum absolute atomic E-state index is 15.8. The highest BCUT2D eigenvalue weighted by Crippen LogP contribution is 2.46. The van der Waals surface area contributed by atoms with Crippen LogP contribution in [0.2, 0.25) is 0 Å². The lowest BCUT2D eigenvalue weighted by atomic mass is 10.0. The number of amides is 1. The number of anilines is 1. The van der Waals surface area contributed by atoms with Crippen LogP contribution in [0.25, 0.3) is 27.4 Å². The van der Waals surface area contributed by atoms with Gasteiger partial charge < -0.3 is 24.8 Å². The number of halogens is 1. The summed E-state index contributed by atoms with van der Waals surface area (Å²) < 4.78 is 24.0. The molecule has 41 heavy (non-hydrogen) atoms. The van der Waals surface area contributed by atoms with Crippen LogP contribution in [0.3, 0.4) is 0 Å². The molecule has 1 amide bonds. The van der Waals surface area contributed by atoms with E-state index in [4.69, 9.17) is 4.74 Å². The zero-order valence-corrected chi connectivity index (χ0v) is 23.0. The smallest absolute Gasteiger partial charge is 0.256 e. The molecule has 0 radical (unpaired) electrons. The molecule has 9 heteroatoms. The van der Waals surface area contributed by atoms with Crippen LogP contribution in [0.1, 0.15) is 48.9 Å². The van der Waals surface area contributed by atoms with E-state index >= 15 is 4.39 Å². The molecule has 0 aliphatic carbocycles. The topological polar surface area (TPSA) is 88.0 Å². The summed E-state index contributed by atoms with van der Waals surface area (Å²) in [6.07, 6.45) is 7.30. The predicted octanol–water partition coefficient (Wildman–Crippen LogP) is 5.60. The van der Waals surface area contributed by atoms with E-state index in [0.29, 0.717) is 48.3 Å². The summed E-state index contributed by atoms with van der Waals surface area (Å²) >= 11 is 0. The van der Waals surface area contributed by atoms with E-state index in [1.54, 1.807) is 10.8 Å². The molecule has 4 aromatic rings. The van der Waals surface area contributed by atoms with Crippen molar-refractivity contribution in [2.75, 3.05) is 32.0 Å². The fraction of sp³-hybridized carbons (Fsp3) is 0.344. The number of rotatable bonds is 5. The Balaban J connectivity index is 1.36. The van der Waals surface area contributed by atoms with Crippen molar-refractivity contribution in [3.63, 3.8) is 0 Å². The summed E-state index contributed by atoms with van der Waals surface area (Å²) in [4.78, 5) is 33.9. The number of benzene rings is 3. The van der Waals surface area contributed by atoms with Crippen LogP contribution < -0.4 is 20.8 Å². The Bertz CT molecular complexity index is 1800. The number of hydrogen-bond acceptors (Lipinski definition) is 6. The number of nitrogens with zero attached hydrogens (tertiary/aromatic N) is 3. The van der Waals surface area contributed by atoms with E-state index in [0.717, 1.165) is 49.4 Å². The van der Waals surface area contributed by atoms with Crippen molar-refractivity contribution < 1.29 is 13.9 Å². The van der Waals surface area contributed by atoms with Gasteiger partial charge in [0.05, 0.1) is 11.1 Å². The second-order valence-electron chi connectivity index (χ2n) is 11.2. The number of nitrogens with one attached hydrogen (secondary N) is 2. The van der Waals surface area contributed by atoms with Crippen LogP contribution in [0, 0.1) is 5.82 Å². The number of hydrogen-bond donors (Lipinski definition) is 2. The van der Waals surface area contributed by atoms with Gasteiger partial charge in [0.25, 0.3) is 5.91 Å². The Hall–Kier alpha value is -4.24. The van der Waals surface area contributed by atoms with Gasteiger partial charge in [0.2, 0.25) is 5.43 Å². The molecule has 0 bridgehead atoms. The van der Waals surface area contributed by atoms with Crippen molar-refractivity contribution in [3.05, 3.63) is 70.3 Å². The number of aliphatic imine (C=N–C) groups is 1. The first-order valence-electron chi connectivity index (χ1n) is 14.4. The first kappa shape index (κ1) is 25.7. The number of aromatic nitrogens is 1. The molecule has 0 spiro atoms. The molecular weight excluding hydrogens is 521 g/mol. The van der Waals surface area contributed by atoms with Crippen LogP contribution in [0.5, 0.6) is 11.5 Å². The third-order valence-electron chi connectivity index (χ3n) is 8.57. The maximum Gasteiger partial charge on any atom is 0.256 e. The summed E-state index contributed by atoms with van der Waals surface area (Å²) in [6, 6.07) is 13.4. The van der Waals surface area contributed by atoms with Gasteiger partial charge in [-0.05, 0) is 74.7 Å². The van der Waals surface area contributed by atoms with Gasteiger partial charge in [0.15, 0.2) is 17.3 Å². The Morgan fingerprint density at radius 2 is 1.98 bits per heavy atom. The minimum absolute atomic E-state index is 0.0269. The third-order valence-corrected chi connectivity index (χ3v) is 8.57. The summed E-state index contributed by atoms with van der Waals surface area (Å²) in [5, 5.41) is 8.13. The first-order chi connectivity index (χ1) is 20.0. The van der Waals surface area contributed by atoms with Crippen molar-refractivity contribution >= 4 is 39.1 Å². The van der Waals surface area contributed by atoms with E-state index < -0.39 is 17.2 Å². The average molecular weight is 554 g/mol. The minimum atomic E-state index is -0.629. The summed E-state index contributed by atoms with van der Waals surface area (Å²) in [5.74, 6) is 0.322. The van der Waals surface area contributed by atoms with Crippen LogP contribution in [0.4, 0.5) is 10.1 Å². The minimum Gasteiger partial charge on any atom is -0.451 e. The predicted molar refractivity (Wildman–Crippen MR) is 159 cm³/mol.